The van der Waals surface area contributed by atoms with Crippen LogP contribution in [-0.4, -0.2) is 15.8 Å². The van der Waals surface area contributed by atoms with Gasteiger partial charge in [-0.3, -0.25) is 4.79 Å². The second-order valence-corrected chi connectivity index (χ2v) is 3.04. The smallest absolute Gasteiger partial charge is 0.319 e. The molecule has 1 N–H and O–H groups in total. The van der Waals surface area contributed by atoms with Gasteiger partial charge in [0.05, 0.1) is 0 Å². The van der Waals surface area contributed by atoms with Crippen LogP contribution < -0.4 is 0 Å². The highest BCUT2D eigenvalue weighted by molar-refractivity contribution is 7.82. The Morgan fingerprint density at radius 3 is 2.50 bits per heavy atom. The van der Waals surface area contributed by atoms with Gasteiger partial charge in [0, 0.05) is 0 Å². The first-order valence-electron chi connectivity index (χ1n) is 3.13. The second-order valence-electron chi connectivity index (χ2n) is 2.18. The van der Waals surface area contributed by atoms with Crippen molar-refractivity contribution >= 4 is 18.6 Å². The Kier molecular flexibility index (Phi) is 3.50. The van der Waals surface area contributed by atoms with Gasteiger partial charge in [0.2, 0.25) is 0 Å². The zero-order valence-corrected chi connectivity index (χ0v) is 6.90. The molecule has 0 spiro atoms. The predicted octanol–water partition coefficient (Wildman–Crippen LogP) is 1.73. The van der Waals surface area contributed by atoms with Gasteiger partial charge in [0.1, 0.15) is 4.75 Å². The summed E-state index contributed by atoms with van der Waals surface area (Å²) in [6, 6.07) is 0. The standard InChI is InChI=1S/C7H12O2S/c1-3-5-7(10,4-2)6(8)9/h3,10H,1,4-5H2,2H3,(H,8,9). The third-order valence-corrected chi connectivity index (χ3v) is 2.16. The number of carbonyl (C=O) groups is 1. The number of thiol groups is 1. The average Bonchev–Trinajstić information content (AvgIpc) is 1.88. The van der Waals surface area contributed by atoms with Crippen molar-refractivity contribution in [3.05, 3.63) is 12.7 Å². The van der Waals surface area contributed by atoms with Crippen LogP contribution in [0.3, 0.4) is 0 Å². The van der Waals surface area contributed by atoms with E-state index in [1.165, 1.54) is 0 Å². The van der Waals surface area contributed by atoms with Crippen LogP contribution in [0.5, 0.6) is 0 Å². The molecule has 0 aliphatic carbocycles. The van der Waals surface area contributed by atoms with E-state index in [1.54, 1.807) is 13.0 Å². The molecule has 3 heteroatoms. The van der Waals surface area contributed by atoms with E-state index >= 15 is 0 Å². The van der Waals surface area contributed by atoms with Crippen LogP contribution in [0.25, 0.3) is 0 Å². The molecule has 0 rings (SSSR count). The fraction of sp³-hybridized carbons (Fsp3) is 0.571. The predicted molar refractivity (Wildman–Crippen MR) is 44.5 cm³/mol. The molecule has 0 aliphatic rings. The van der Waals surface area contributed by atoms with Gasteiger partial charge in [-0.2, -0.15) is 12.6 Å². The highest BCUT2D eigenvalue weighted by Crippen LogP contribution is 2.23. The molecule has 1 unspecified atom stereocenters. The minimum atomic E-state index is -0.915. The third-order valence-electron chi connectivity index (χ3n) is 1.47. The number of aliphatic carboxylic acids is 1. The van der Waals surface area contributed by atoms with E-state index in [2.05, 4.69) is 19.2 Å². The Morgan fingerprint density at radius 1 is 1.90 bits per heavy atom. The van der Waals surface area contributed by atoms with Gasteiger partial charge in [-0.05, 0) is 12.8 Å². The van der Waals surface area contributed by atoms with E-state index in [0.717, 1.165) is 0 Å². The SMILES string of the molecule is C=CCC(S)(CC)C(=O)O. The minimum Gasteiger partial charge on any atom is -0.480 e. The summed E-state index contributed by atoms with van der Waals surface area (Å²) in [5, 5.41) is 8.64. The Hall–Kier alpha value is -0.440. The molecule has 2 nitrogen and oxygen atoms in total. The number of carboxylic acids is 1. The highest BCUT2D eigenvalue weighted by Gasteiger charge is 2.30. The van der Waals surface area contributed by atoms with E-state index in [4.69, 9.17) is 5.11 Å². The maximum Gasteiger partial charge on any atom is 0.319 e. The molecule has 0 aromatic heterocycles. The Morgan fingerprint density at radius 2 is 2.40 bits per heavy atom. The van der Waals surface area contributed by atoms with E-state index in [0.29, 0.717) is 12.8 Å². The number of hydrogen-bond donors (Lipinski definition) is 2. The van der Waals surface area contributed by atoms with Gasteiger partial charge in [-0.25, -0.2) is 0 Å². The Balaban J connectivity index is 4.21. The number of allylic oxidation sites excluding steroid dienone is 1. The van der Waals surface area contributed by atoms with Gasteiger partial charge >= 0.3 is 5.97 Å². The van der Waals surface area contributed by atoms with Crippen LogP contribution in [0.1, 0.15) is 19.8 Å². The lowest BCUT2D eigenvalue weighted by molar-refractivity contribution is -0.139. The van der Waals surface area contributed by atoms with Crippen molar-refractivity contribution in [2.24, 2.45) is 0 Å². The van der Waals surface area contributed by atoms with Crippen molar-refractivity contribution in [3.63, 3.8) is 0 Å². The fourth-order valence-electron chi connectivity index (χ4n) is 0.622. The molecule has 0 bridgehead atoms. The zero-order valence-electron chi connectivity index (χ0n) is 6.00. The summed E-state index contributed by atoms with van der Waals surface area (Å²) in [6.07, 6.45) is 2.49. The van der Waals surface area contributed by atoms with Crippen molar-refractivity contribution in [1.82, 2.24) is 0 Å². The minimum absolute atomic E-state index is 0.405. The lowest BCUT2D eigenvalue weighted by Gasteiger charge is -2.19. The lowest BCUT2D eigenvalue weighted by Crippen LogP contribution is -2.30. The molecule has 10 heavy (non-hydrogen) atoms. The van der Waals surface area contributed by atoms with E-state index in [-0.39, 0.29) is 0 Å². The average molecular weight is 160 g/mol. The topological polar surface area (TPSA) is 37.3 Å². The number of carboxylic acid groups (broad SMARTS) is 1. The van der Waals surface area contributed by atoms with Crippen LogP contribution >= 0.6 is 12.6 Å². The van der Waals surface area contributed by atoms with Crippen LogP contribution in [0.15, 0.2) is 12.7 Å². The molecule has 0 fully saturated rings. The van der Waals surface area contributed by atoms with Gasteiger partial charge in [-0.15, -0.1) is 6.58 Å². The number of hydrogen-bond acceptors (Lipinski definition) is 2. The van der Waals surface area contributed by atoms with Crippen molar-refractivity contribution < 1.29 is 9.90 Å². The van der Waals surface area contributed by atoms with Gasteiger partial charge in [0.25, 0.3) is 0 Å². The van der Waals surface area contributed by atoms with Crippen molar-refractivity contribution in [1.29, 1.82) is 0 Å². The molecular weight excluding hydrogens is 148 g/mol. The Labute approximate surface area is 66.4 Å². The summed E-state index contributed by atoms with van der Waals surface area (Å²) in [6.45, 7) is 5.26. The highest BCUT2D eigenvalue weighted by atomic mass is 32.1. The largest absolute Gasteiger partial charge is 0.480 e. The first-order valence-corrected chi connectivity index (χ1v) is 3.58. The zero-order chi connectivity index (χ0) is 8.20. The van der Waals surface area contributed by atoms with Gasteiger partial charge in [0.15, 0.2) is 0 Å². The van der Waals surface area contributed by atoms with Crippen LogP contribution in [0.2, 0.25) is 0 Å². The van der Waals surface area contributed by atoms with E-state index in [9.17, 15) is 4.79 Å². The molecule has 0 aromatic carbocycles. The molecule has 0 saturated heterocycles. The molecular formula is C7H12O2S. The molecule has 1 atom stereocenters. The summed E-state index contributed by atoms with van der Waals surface area (Å²) in [5.74, 6) is -0.877. The van der Waals surface area contributed by atoms with Gasteiger partial charge < -0.3 is 5.11 Å². The number of rotatable bonds is 4. The van der Waals surface area contributed by atoms with Crippen molar-refractivity contribution in [2.75, 3.05) is 0 Å². The molecule has 0 heterocycles. The Bertz CT molecular complexity index is 145. The maximum atomic E-state index is 10.5. The lowest BCUT2D eigenvalue weighted by atomic mass is 10.0. The monoisotopic (exact) mass is 160 g/mol. The summed E-state index contributed by atoms with van der Waals surface area (Å²) < 4.78 is -0.915. The summed E-state index contributed by atoms with van der Waals surface area (Å²) in [4.78, 5) is 10.5. The van der Waals surface area contributed by atoms with Crippen molar-refractivity contribution in [2.45, 2.75) is 24.5 Å². The summed E-state index contributed by atoms with van der Waals surface area (Å²) >= 11 is 4.02. The van der Waals surface area contributed by atoms with Crippen LogP contribution in [-0.2, 0) is 4.79 Å². The van der Waals surface area contributed by atoms with Gasteiger partial charge in [-0.1, -0.05) is 13.0 Å². The normalized spacial score (nSPS) is 15.8. The summed E-state index contributed by atoms with van der Waals surface area (Å²) in [5.41, 5.74) is 0. The molecule has 0 amide bonds. The quantitative estimate of drug-likeness (QED) is 0.485. The van der Waals surface area contributed by atoms with Crippen LogP contribution in [0, 0.1) is 0 Å². The third kappa shape index (κ3) is 2.06. The second kappa shape index (κ2) is 3.66. The molecule has 0 radical (unpaired) electrons. The fourth-order valence-corrected chi connectivity index (χ4v) is 0.751. The maximum absolute atomic E-state index is 10.5. The molecule has 0 saturated carbocycles. The van der Waals surface area contributed by atoms with E-state index in [1.807, 2.05) is 0 Å². The first-order chi connectivity index (χ1) is 4.56. The first kappa shape index (κ1) is 9.56. The van der Waals surface area contributed by atoms with E-state index < -0.39 is 10.7 Å². The van der Waals surface area contributed by atoms with Crippen molar-refractivity contribution in [3.8, 4) is 0 Å². The molecule has 58 valence electrons. The van der Waals surface area contributed by atoms with Crippen LogP contribution in [0.4, 0.5) is 0 Å². The summed E-state index contributed by atoms with van der Waals surface area (Å²) in [7, 11) is 0. The molecule has 0 aromatic rings. The molecule has 0 aliphatic heterocycles.